The lowest BCUT2D eigenvalue weighted by Gasteiger charge is -2.28. The largest absolute Gasteiger partial charge is 0.756 e. The van der Waals surface area contributed by atoms with Gasteiger partial charge in [-0.3, -0.25) is 14.2 Å². The van der Waals surface area contributed by atoms with E-state index in [1.54, 1.807) is 0 Å². The maximum absolute atomic E-state index is 12.3. The molecule has 2 unspecified atom stereocenters. The van der Waals surface area contributed by atoms with Gasteiger partial charge in [-0.2, -0.15) is 0 Å². The molecule has 0 heterocycles. The van der Waals surface area contributed by atoms with E-state index in [9.17, 15) is 19.0 Å². The summed E-state index contributed by atoms with van der Waals surface area (Å²) in [6, 6.07) is 0. The maximum Gasteiger partial charge on any atom is 0.306 e. The zero-order chi connectivity index (χ0) is 28.0. The van der Waals surface area contributed by atoms with Crippen molar-refractivity contribution in [3.8, 4) is 0 Å². The number of hydrogen-bond donors (Lipinski definition) is 0. The van der Waals surface area contributed by atoms with Crippen LogP contribution in [-0.2, 0) is 32.7 Å². The van der Waals surface area contributed by atoms with E-state index in [0.717, 1.165) is 38.5 Å². The van der Waals surface area contributed by atoms with E-state index in [0.29, 0.717) is 23.9 Å². The first-order valence-corrected chi connectivity index (χ1v) is 15.4. The molecule has 0 amide bonds. The second kappa shape index (κ2) is 21.7. The summed E-state index contributed by atoms with van der Waals surface area (Å²) in [5.74, 6) is -0.911. The number of hydrogen-bond acceptors (Lipinski definition) is 8. The third-order valence-corrected chi connectivity index (χ3v) is 6.47. The SMILES string of the molecule is CCCCC/C=C\CCCCCCCC(=O)OC(COC(=O)CCC)COP(=O)([O-])OCC[N+](C)(C)C. The van der Waals surface area contributed by atoms with Gasteiger partial charge in [0.25, 0.3) is 7.82 Å². The molecule has 0 N–H and O–H groups in total. The fourth-order valence-corrected chi connectivity index (χ4v) is 4.00. The lowest BCUT2D eigenvalue weighted by molar-refractivity contribution is -0.870. The minimum absolute atomic E-state index is 0.0323. The molecule has 0 saturated heterocycles. The van der Waals surface area contributed by atoms with Crippen molar-refractivity contribution >= 4 is 19.8 Å². The van der Waals surface area contributed by atoms with Crippen LogP contribution < -0.4 is 4.89 Å². The van der Waals surface area contributed by atoms with Crippen molar-refractivity contribution in [2.24, 2.45) is 0 Å². The van der Waals surface area contributed by atoms with Crippen LogP contribution in [0.3, 0.4) is 0 Å². The summed E-state index contributed by atoms with van der Waals surface area (Å²) in [5, 5.41) is 0. The van der Waals surface area contributed by atoms with E-state index in [1.807, 2.05) is 28.1 Å². The van der Waals surface area contributed by atoms with Crippen molar-refractivity contribution in [2.75, 3.05) is 47.5 Å². The summed E-state index contributed by atoms with van der Waals surface area (Å²) in [6.45, 7) is 3.75. The van der Waals surface area contributed by atoms with Gasteiger partial charge in [0.2, 0.25) is 0 Å². The molecule has 0 aliphatic heterocycles. The Morgan fingerprint density at radius 2 is 1.43 bits per heavy atom. The van der Waals surface area contributed by atoms with Crippen LogP contribution in [-0.4, -0.2) is 70.0 Å². The Morgan fingerprint density at radius 3 is 2.05 bits per heavy atom. The Bertz CT molecular complexity index is 678. The third-order valence-electron chi connectivity index (χ3n) is 5.51. The van der Waals surface area contributed by atoms with Crippen molar-refractivity contribution in [2.45, 2.75) is 103 Å². The normalized spacial score (nSPS) is 14.4. The van der Waals surface area contributed by atoms with Gasteiger partial charge in [0.1, 0.15) is 19.8 Å². The van der Waals surface area contributed by atoms with E-state index in [2.05, 4.69) is 19.1 Å². The predicted octanol–water partition coefficient (Wildman–Crippen LogP) is 5.32. The number of esters is 2. The Hall–Kier alpha value is -1.25. The van der Waals surface area contributed by atoms with Crippen molar-refractivity contribution in [1.29, 1.82) is 0 Å². The van der Waals surface area contributed by atoms with Crippen LogP contribution in [0.2, 0.25) is 0 Å². The summed E-state index contributed by atoms with van der Waals surface area (Å²) in [5.41, 5.74) is 0. The summed E-state index contributed by atoms with van der Waals surface area (Å²) in [4.78, 5) is 36.1. The van der Waals surface area contributed by atoms with Gasteiger partial charge in [0.05, 0.1) is 27.7 Å². The summed E-state index contributed by atoms with van der Waals surface area (Å²) in [7, 11) is 1.15. The highest BCUT2D eigenvalue weighted by Crippen LogP contribution is 2.38. The van der Waals surface area contributed by atoms with Gasteiger partial charge >= 0.3 is 11.9 Å². The highest BCUT2D eigenvalue weighted by atomic mass is 31.2. The molecule has 218 valence electrons. The smallest absolute Gasteiger partial charge is 0.306 e. The van der Waals surface area contributed by atoms with Gasteiger partial charge in [-0.1, -0.05) is 58.1 Å². The lowest BCUT2D eigenvalue weighted by atomic mass is 10.1. The number of rotatable bonds is 24. The molecule has 0 aliphatic rings. The maximum atomic E-state index is 12.3. The Kier molecular flexibility index (Phi) is 20.9. The van der Waals surface area contributed by atoms with E-state index >= 15 is 0 Å². The molecule has 0 fully saturated rings. The number of carbonyl (C=O) groups excluding carboxylic acids is 2. The first kappa shape index (κ1) is 35.8. The fourth-order valence-electron chi connectivity index (χ4n) is 3.27. The molecule has 10 heteroatoms. The van der Waals surface area contributed by atoms with Crippen molar-refractivity contribution in [3.63, 3.8) is 0 Å². The molecule has 0 aromatic rings. The van der Waals surface area contributed by atoms with E-state index in [-0.39, 0.29) is 26.1 Å². The number of carbonyl (C=O) groups is 2. The number of ether oxygens (including phenoxy) is 2. The van der Waals surface area contributed by atoms with Gasteiger partial charge in [-0.05, 0) is 38.5 Å². The first-order valence-electron chi connectivity index (χ1n) is 13.9. The minimum atomic E-state index is -4.58. The van der Waals surface area contributed by atoms with E-state index in [4.69, 9.17) is 18.5 Å². The zero-order valence-electron chi connectivity index (χ0n) is 23.9. The Balaban J connectivity index is 4.34. The molecular formula is C27H52NO8P. The van der Waals surface area contributed by atoms with Gasteiger partial charge in [-0.15, -0.1) is 0 Å². The molecule has 37 heavy (non-hydrogen) atoms. The van der Waals surface area contributed by atoms with Crippen LogP contribution in [0.15, 0.2) is 12.2 Å². The lowest BCUT2D eigenvalue weighted by Crippen LogP contribution is -2.37. The number of phosphoric acid groups is 1. The number of quaternary nitrogens is 1. The van der Waals surface area contributed by atoms with Crippen LogP contribution in [0.4, 0.5) is 0 Å². The molecule has 0 aromatic carbocycles. The number of allylic oxidation sites excluding steroid dienone is 2. The topological polar surface area (TPSA) is 111 Å². The molecule has 0 bridgehead atoms. The standard InChI is InChI=1S/C27H52NO8P/c1-6-8-9-10-11-12-13-14-15-16-17-18-20-27(30)36-25(23-33-26(29)19-7-2)24-35-37(31,32)34-22-21-28(3,4)5/h11-12,25H,6-10,13-24H2,1-5H3/b12-11-. The highest BCUT2D eigenvalue weighted by Gasteiger charge is 2.21. The average Bonchev–Trinajstić information content (AvgIpc) is 2.80. The molecule has 9 nitrogen and oxygen atoms in total. The molecule has 0 radical (unpaired) electrons. The molecule has 2 atom stereocenters. The number of phosphoric ester groups is 1. The van der Waals surface area contributed by atoms with Gasteiger partial charge in [-0.25, -0.2) is 0 Å². The number of unbranched alkanes of at least 4 members (excludes halogenated alkanes) is 8. The monoisotopic (exact) mass is 549 g/mol. The van der Waals surface area contributed by atoms with Crippen LogP contribution in [0.25, 0.3) is 0 Å². The highest BCUT2D eigenvalue weighted by molar-refractivity contribution is 7.45. The quantitative estimate of drug-likeness (QED) is 0.0523. The zero-order valence-corrected chi connectivity index (χ0v) is 24.8. The van der Waals surface area contributed by atoms with Crippen LogP contribution >= 0.6 is 7.82 Å². The van der Waals surface area contributed by atoms with Gasteiger partial charge in [0, 0.05) is 12.8 Å². The van der Waals surface area contributed by atoms with Crippen molar-refractivity contribution in [1.82, 2.24) is 0 Å². The fraction of sp³-hybridized carbons (Fsp3) is 0.852. The summed E-state index contributed by atoms with van der Waals surface area (Å²) >= 11 is 0. The molecule has 0 rings (SSSR count). The van der Waals surface area contributed by atoms with Gasteiger partial charge < -0.3 is 27.9 Å². The number of nitrogens with zero attached hydrogens (tertiary/aromatic N) is 1. The van der Waals surface area contributed by atoms with Crippen molar-refractivity contribution in [3.05, 3.63) is 12.2 Å². The van der Waals surface area contributed by atoms with Gasteiger partial charge in [0.15, 0.2) is 6.10 Å². The summed E-state index contributed by atoms with van der Waals surface area (Å²) in [6.07, 6.45) is 15.5. The Morgan fingerprint density at radius 1 is 0.811 bits per heavy atom. The third kappa shape index (κ3) is 24.8. The average molecular weight is 550 g/mol. The molecule has 0 aliphatic carbocycles. The summed E-state index contributed by atoms with van der Waals surface area (Å²) < 4.78 is 32.9. The molecular weight excluding hydrogens is 497 g/mol. The second-order valence-electron chi connectivity index (χ2n) is 10.4. The first-order chi connectivity index (χ1) is 17.5. The second-order valence-corrected chi connectivity index (χ2v) is 11.8. The molecule has 0 spiro atoms. The molecule has 0 saturated carbocycles. The van der Waals surface area contributed by atoms with Crippen LogP contribution in [0.5, 0.6) is 0 Å². The minimum Gasteiger partial charge on any atom is -0.756 e. The van der Waals surface area contributed by atoms with E-state index < -0.39 is 32.5 Å². The van der Waals surface area contributed by atoms with Crippen LogP contribution in [0.1, 0.15) is 97.3 Å². The van der Waals surface area contributed by atoms with E-state index in [1.165, 1.54) is 19.3 Å². The Labute approximate surface area is 225 Å². The molecule has 0 aromatic heterocycles. The van der Waals surface area contributed by atoms with Crippen molar-refractivity contribution < 1.29 is 42.1 Å². The number of likely N-dealkylation sites (N-methyl/N-ethyl adjacent to an activating group) is 1. The predicted molar refractivity (Wildman–Crippen MR) is 144 cm³/mol. The van der Waals surface area contributed by atoms with Crippen LogP contribution in [0, 0.1) is 0 Å².